The van der Waals surface area contributed by atoms with Crippen LogP contribution in [0.3, 0.4) is 0 Å². The van der Waals surface area contributed by atoms with Gasteiger partial charge in [0.25, 0.3) is 0 Å². The van der Waals surface area contributed by atoms with Crippen LogP contribution in [0.4, 0.5) is 0 Å². The number of hydrogen-bond acceptors (Lipinski definition) is 3. The van der Waals surface area contributed by atoms with Crippen molar-refractivity contribution in [1.82, 2.24) is 14.7 Å². The van der Waals surface area contributed by atoms with E-state index in [9.17, 15) is 4.79 Å². The Morgan fingerprint density at radius 3 is 3.19 bits per heavy atom. The average molecular weight is 289 g/mol. The molecule has 1 aliphatic heterocycles. The minimum atomic E-state index is 0.139. The van der Waals surface area contributed by atoms with Crippen LogP contribution in [-0.2, 0) is 22.6 Å². The third kappa shape index (κ3) is 3.02. The van der Waals surface area contributed by atoms with E-state index >= 15 is 0 Å². The van der Waals surface area contributed by atoms with Crippen LogP contribution in [0.25, 0.3) is 0 Å². The lowest BCUT2D eigenvalue weighted by Crippen LogP contribution is -2.42. The summed E-state index contributed by atoms with van der Waals surface area (Å²) in [5, 5.41) is 4.35. The van der Waals surface area contributed by atoms with Crippen molar-refractivity contribution in [2.45, 2.75) is 51.7 Å². The van der Waals surface area contributed by atoms with E-state index in [0.29, 0.717) is 19.8 Å². The Kier molecular flexibility index (Phi) is 4.39. The van der Waals surface area contributed by atoms with Gasteiger partial charge in [-0.05, 0) is 38.7 Å². The fourth-order valence-electron chi connectivity index (χ4n) is 3.14. The smallest absolute Gasteiger partial charge is 0.250 e. The van der Waals surface area contributed by atoms with Crippen LogP contribution in [0.15, 0.2) is 23.9 Å². The Hall–Kier alpha value is -1.62. The number of carbonyl (C=O) groups excluding carboxylic acids is 1. The molecule has 1 aromatic rings. The highest BCUT2D eigenvalue weighted by Gasteiger charge is 2.30. The van der Waals surface area contributed by atoms with Gasteiger partial charge in [0.15, 0.2) is 0 Å². The maximum atomic E-state index is 12.8. The van der Waals surface area contributed by atoms with E-state index in [1.54, 1.807) is 0 Å². The fourth-order valence-corrected chi connectivity index (χ4v) is 3.14. The first-order valence-electron chi connectivity index (χ1n) is 7.88. The number of hydrogen-bond donors (Lipinski definition) is 0. The molecule has 21 heavy (non-hydrogen) atoms. The highest BCUT2D eigenvalue weighted by Crippen LogP contribution is 2.25. The van der Waals surface area contributed by atoms with Crippen molar-refractivity contribution in [2.75, 3.05) is 13.2 Å². The lowest BCUT2D eigenvalue weighted by atomic mass is 10.1. The first kappa shape index (κ1) is 14.3. The highest BCUT2D eigenvalue weighted by molar-refractivity contribution is 5.94. The SMILES string of the molecule is CCOC[C@H]1CCn2nccc2CN1C(=O)C1=CCCC1. The fraction of sp³-hybridized carbons (Fsp3) is 0.625. The van der Waals surface area contributed by atoms with Crippen LogP contribution in [-0.4, -0.2) is 39.8 Å². The number of carbonyl (C=O) groups is 1. The van der Waals surface area contributed by atoms with E-state index in [4.69, 9.17) is 4.74 Å². The summed E-state index contributed by atoms with van der Waals surface area (Å²) in [6.45, 7) is 4.77. The van der Waals surface area contributed by atoms with Gasteiger partial charge in [0.2, 0.25) is 5.91 Å². The summed E-state index contributed by atoms with van der Waals surface area (Å²) in [4.78, 5) is 14.8. The molecule has 114 valence electrons. The van der Waals surface area contributed by atoms with Gasteiger partial charge in [-0.3, -0.25) is 9.48 Å². The molecule has 5 nitrogen and oxygen atoms in total. The van der Waals surface area contributed by atoms with Crippen molar-refractivity contribution in [3.63, 3.8) is 0 Å². The van der Waals surface area contributed by atoms with Crippen LogP contribution >= 0.6 is 0 Å². The summed E-state index contributed by atoms with van der Waals surface area (Å²) in [6, 6.07) is 2.15. The van der Waals surface area contributed by atoms with Crippen molar-refractivity contribution in [3.05, 3.63) is 29.6 Å². The summed E-state index contributed by atoms with van der Waals surface area (Å²) >= 11 is 0. The van der Waals surface area contributed by atoms with E-state index < -0.39 is 0 Å². The molecule has 1 atom stereocenters. The lowest BCUT2D eigenvalue weighted by molar-refractivity contribution is -0.131. The standard InChI is InChI=1S/C16H23N3O2/c1-2-21-12-15-8-10-19-14(7-9-17-19)11-18(15)16(20)13-5-3-4-6-13/h5,7,9,15H,2-4,6,8,10-12H2,1H3/t15-/m1/s1. The molecule has 0 aromatic carbocycles. The van der Waals surface area contributed by atoms with Gasteiger partial charge in [-0.15, -0.1) is 0 Å². The van der Waals surface area contributed by atoms with E-state index in [2.05, 4.69) is 11.2 Å². The Morgan fingerprint density at radius 2 is 2.43 bits per heavy atom. The van der Waals surface area contributed by atoms with Gasteiger partial charge in [-0.1, -0.05) is 6.08 Å². The van der Waals surface area contributed by atoms with Crippen LogP contribution in [0, 0.1) is 0 Å². The van der Waals surface area contributed by atoms with Gasteiger partial charge < -0.3 is 9.64 Å². The maximum absolute atomic E-state index is 12.8. The predicted octanol–water partition coefficient (Wildman–Crippen LogP) is 2.13. The zero-order valence-electron chi connectivity index (χ0n) is 12.6. The van der Waals surface area contributed by atoms with Crippen LogP contribution in [0.5, 0.6) is 0 Å². The van der Waals surface area contributed by atoms with Crippen molar-refractivity contribution in [3.8, 4) is 0 Å². The normalized spacial score (nSPS) is 21.9. The van der Waals surface area contributed by atoms with E-state index in [1.165, 1.54) is 0 Å². The Morgan fingerprint density at radius 1 is 1.52 bits per heavy atom. The topological polar surface area (TPSA) is 47.4 Å². The van der Waals surface area contributed by atoms with Crippen molar-refractivity contribution >= 4 is 5.91 Å². The Balaban J connectivity index is 1.81. The zero-order chi connectivity index (χ0) is 14.7. The average Bonchev–Trinajstić information content (AvgIpc) is 3.14. The third-order valence-electron chi connectivity index (χ3n) is 4.34. The highest BCUT2D eigenvalue weighted by atomic mass is 16.5. The maximum Gasteiger partial charge on any atom is 0.250 e. The number of allylic oxidation sites excluding steroid dienone is 1. The summed E-state index contributed by atoms with van der Waals surface area (Å²) in [6.07, 6.45) is 7.85. The molecule has 0 spiro atoms. The molecular formula is C16H23N3O2. The van der Waals surface area contributed by atoms with Gasteiger partial charge >= 0.3 is 0 Å². The molecule has 0 fully saturated rings. The molecule has 0 unspecified atom stereocenters. The van der Waals surface area contributed by atoms with Gasteiger partial charge in [-0.2, -0.15) is 5.10 Å². The number of ether oxygens (including phenoxy) is 1. The molecule has 0 saturated carbocycles. The molecule has 3 rings (SSSR count). The Labute approximate surface area is 125 Å². The summed E-state index contributed by atoms with van der Waals surface area (Å²) in [5.41, 5.74) is 2.09. The van der Waals surface area contributed by atoms with E-state index in [1.807, 2.05) is 28.8 Å². The molecule has 1 amide bonds. The van der Waals surface area contributed by atoms with E-state index in [0.717, 1.165) is 43.5 Å². The molecule has 1 aliphatic carbocycles. The van der Waals surface area contributed by atoms with Gasteiger partial charge in [-0.25, -0.2) is 0 Å². The molecule has 0 bridgehead atoms. The van der Waals surface area contributed by atoms with Crippen molar-refractivity contribution in [2.24, 2.45) is 0 Å². The number of nitrogens with zero attached hydrogens (tertiary/aromatic N) is 3. The number of aryl methyl sites for hydroxylation is 1. The number of amides is 1. The molecule has 2 aliphatic rings. The molecule has 0 N–H and O–H groups in total. The minimum absolute atomic E-state index is 0.139. The number of rotatable bonds is 4. The molecule has 0 saturated heterocycles. The zero-order valence-corrected chi connectivity index (χ0v) is 12.6. The van der Waals surface area contributed by atoms with Gasteiger partial charge in [0.05, 0.1) is 24.9 Å². The molecular weight excluding hydrogens is 266 g/mol. The predicted molar refractivity (Wildman–Crippen MR) is 79.6 cm³/mol. The second kappa shape index (κ2) is 6.43. The summed E-state index contributed by atoms with van der Waals surface area (Å²) in [7, 11) is 0. The second-order valence-electron chi connectivity index (χ2n) is 5.70. The molecule has 2 heterocycles. The number of fused-ring (bicyclic) bond motifs is 1. The third-order valence-corrected chi connectivity index (χ3v) is 4.34. The summed E-state index contributed by atoms with van der Waals surface area (Å²) < 4.78 is 7.61. The number of aromatic nitrogens is 2. The van der Waals surface area contributed by atoms with Crippen LogP contribution in [0.1, 0.15) is 38.3 Å². The first-order chi connectivity index (χ1) is 10.3. The van der Waals surface area contributed by atoms with Crippen molar-refractivity contribution < 1.29 is 9.53 Å². The first-order valence-corrected chi connectivity index (χ1v) is 7.88. The Bertz CT molecular complexity index is 535. The largest absolute Gasteiger partial charge is 0.380 e. The van der Waals surface area contributed by atoms with E-state index in [-0.39, 0.29) is 11.9 Å². The lowest BCUT2D eigenvalue weighted by Gasteiger charge is -2.30. The van der Waals surface area contributed by atoms with Gasteiger partial charge in [0.1, 0.15) is 0 Å². The molecule has 1 aromatic heterocycles. The second-order valence-corrected chi connectivity index (χ2v) is 5.70. The van der Waals surface area contributed by atoms with Crippen LogP contribution < -0.4 is 0 Å². The molecule has 0 radical (unpaired) electrons. The summed E-state index contributed by atoms with van der Waals surface area (Å²) in [5.74, 6) is 0.187. The minimum Gasteiger partial charge on any atom is -0.380 e. The quantitative estimate of drug-likeness (QED) is 0.853. The molecule has 5 heteroatoms. The van der Waals surface area contributed by atoms with Crippen LogP contribution in [0.2, 0.25) is 0 Å². The van der Waals surface area contributed by atoms with Crippen molar-refractivity contribution in [1.29, 1.82) is 0 Å². The monoisotopic (exact) mass is 289 g/mol. The van der Waals surface area contributed by atoms with Gasteiger partial charge in [0, 0.05) is 24.9 Å².